The molecule has 0 saturated carbocycles. The first-order valence-electron chi connectivity index (χ1n) is 10.2. The number of aromatic nitrogens is 2. The first kappa shape index (κ1) is 18.7. The van der Waals surface area contributed by atoms with E-state index in [1.807, 2.05) is 30.5 Å². The molecular weight excluding hydrogens is 380 g/mol. The molecule has 0 spiro atoms. The molecule has 3 aromatic rings. The Kier molecular flexibility index (Phi) is 4.88. The molecule has 30 heavy (non-hydrogen) atoms. The van der Waals surface area contributed by atoms with E-state index in [4.69, 9.17) is 4.74 Å². The Morgan fingerprint density at radius 3 is 2.97 bits per heavy atom. The van der Waals surface area contributed by atoms with Gasteiger partial charge in [-0.15, -0.1) is 0 Å². The number of benzene rings is 2. The van der Waals surface area contributed by atoms with Gasteiger partial charge in [-0.05, 0) is 41.8 Å². The lowest BCUT2D eigenvalue weighted by Gasteiger charge is -2.20. The molecule has 2 aliphatic heterocycles. The zero-order valence-electron chi connectivity index (χ0n) is 16.5. The average molecular weight is 404 g/mol. The monoisotopic (exact) mass is 404 g/mol. The lowest BCUT2D eigenvalue weighted by atomic mass is 9.94. The highest BCUT2D eigenvalue weighted by Gasteiger charge is 2.35. The number of hydrogen-bond acceptors (Lipinski definition) is 5. The maximum absolute atomic E-state index is 12.7. The number of hydrogen-bond donors (Lipinski definition) is 3. The van der Waals surface area contributed by atoms with Crippen molar-refractivity contribution in [2.45, 2.75) is 31.3 Å². The highest BCUT2D eigenvalue weighted by molar-refractivity contribution is 5.76. The Hall–Kier alpha value is -3.32. The number of fused-ring (bicyclic) bond motifs is 6. The van der Waals surface area contributed by atoms with Crippen LogP contribution < -0.4 is 10.1 Å². The summed E-state index contributed by atoms with van der Waals surface area (Å²) in [6, 6.07) is 13.2. The number of nitrogens with zero attached hydrogens (tertiary/aromatic N) is 2. The number of amides is 1. The lowest BCUT2D eigenvalue weighted by molar-refractivity contribution is -0.121. The maximum Gasteiger partial charge on any atom is 0.220 e. The van der Waals surface area contributed by atoms with Gasteiger partial charge in [-0.1, -0.05) is 18.2 Å². The van der Waals surface area contributed by atoms with Crippen LogP contribution in [0.1, 0.15) is 29.2 Å². The highest BCUT2D eigenvalue weighted by Crippen LogP contribution is 2.35. The number of likely N-dealkylation sites (tertiary alicyclic amines) is 1. The minimum atomic E-state index is 0.0212. The third kappa shape index (κ3) is 3.89. The largest absolute Gasteiger partial charge is 0.504 e. The molecule has 4 bridgehead atoms. The molecule has 1 aromatic heterocycles. The van der Waals surface area contributed by atoms with Crippen LogP contribution >= 0.6 is 0 Å². The molecule has 1 amide bonds. The Balaban J connectivity index is 1.47. The van der Waals surface area contributed by atoms with E-state index in [0.29, 0.717) is 24.3 Å². The van der Waals surface area contributed by atoms with Crippen LogP contribution in [0.25, 0.3) is 0 Å². The molecule has 0 unspecified atom stereocenters. The third-order valence-corrected chi connectivity index (χ3v) is 5.87. The summed E-state index contributed by atoms with van der Waals surface area (Å²) in [5, 5.41) is 13.5. The summed E-state index contributed by atoms with van der Waals surface area (Å²) in [6.45, 7) is 2.36. The third-order valence-electron chi connectivity index (χ3n) is 5.87. The second-order valence-corrected chi connectivity index (χ2v) is 8.03. The first-order valence-corrected chi connectivity index (χ1v) is 10.2. The van der Waals surface area contributed by atoms with Gasteiger partial charge in [0, 0.05) is 49.9 Å². The molecule has 5 rings (SSSR count). The van der Waals surface area contributed by atoms with Crippen molar-refractivity contribution in [3.05, 3.63) is 71.8 Å². The van der Waals surface area contributed by atoms with Crippen LogP contribution in [-0.2, 0) is 17.8 Å². The van der Waals surface area contributed by atoms with Gasteiger partial charge in [-0.2, -0.15) is 0 Å². The molecule has 2 atom stereocenters. The van der Waals surface area contributed by atoms with E-state index in [1.54, 1.807) is 18.5 Å². The maximum atomic E-state index is 12.7. The summed E-state index contributed by atoms with van der Waals surface area (Å²) >= 11 is 0. The molecule has 0 radical (unpaired) electrons. The molecule has 1 saturated heterocycles. The Labute approximate surface area is 174 Å². The summed E-state index contributed by atoms with van der Waals surface area (Å²) in [6.07, 6.45) is 4.51. The quantitative estimate of drug-likeness (QED) is 0.611. The molecular formula is C23H24N4O3. The molecule has 154 valence electrons. The number of carbonyl (C=O) groups is 1. The van der Waals surface area contributed by atoms with Gasteiger partial charge >= 0.3 is 0 Å². The predicted octanol–water partition coefficient (Wildman–Crippen LogP) is 2.94. The summed E-state index contributed by atoms with van der Waals surface area (Å²) in [7, 11) is 0. The van der Waals surface area contributed by atoms with Crippen molar-refractivity contribution < 1.29 is 14.6 Å². The van der Waals surface area contributed by atoms with Crippen molar-refractivity contribution in [1.29, 1.82) is 0 Å². The van der Waals surface area contributed by atoms with Crippen molar-refractivity contribution in [1.82, 2.24) is 20.2 Å². The van der Waals surface area contributed by atoms with Gasteiger partial charge in [0.05, 0.1) is 6.33 Å². The van der Waals surface area contributed by atoms with Gasteiger partial charge in [-0.25, -0.2) is 4.98 Å². The van der Waals surface area contributed by atoms with Crippen LogP contribution in [0.2, 0.25) is 0 Å². The Morgan fingerprint density at radius 2 is 2.10 bits per heavy atom. The number of imidazole rings is 1. The van der Waals surface area contributed by atoms with E-state index in [-0.39, 0.29) is 23.6 Å². The van der Waals surface area contributed by atoms with Crippen molar-refractivity contribution in [3.8, 4) is 17.2 Å². The predicted molar refractivity (Wildman–Crippen MR) is 111 cm³/mol. The summed E-state index contributed by atoms with van der Waals surface area (Å²) in [5.41, 5.74) is 3.12. The number of aromatic amines is 1. The summed E-state index contributed by atoms with van der Waals surface area (Å²) in [5.74, 6) is 1.37. The number of aromatic hydroxyl groups is 1. The summed E-state index contributed by atoms with van der Waals surface area (Å²) in [4.78, 5) is 22.3. The second-order valence-electron chi connectivity index (χ2n) is 8.03. The van der Waals surface area contributed by atoms with Gasteiger partial charge in [0.25, 0.3) is 0 Å². The number of aryl methyl sites for hydroxylation is 1. The fourth-order valence-corrected chi connectivity index (χ4v) is 4.38. The van der Waals surface area contributed by atoms with Crippen LogP contribution in [0, 0.1) is 0 Å². The second kappa shape index (κ2) is 7.84. The molecule has 2 aromatic carbocycles. The smallest absolute Gasteiger partial charge is 0.220 e. The number of phenols is 1. The first-order chi connectivity index (χ1) is 14.6. The molecule has 3 heterocycles. The molecule has 0 aliphatic carbocycles. The van der Waals surface area contributed by atoms with Crippen LogP contribution in [0.5, 0.6) is 17.2 Å². The van der Waals surface area contributed by atoms with Crippen molar-refractivity contribution >= 4 is 5.91 Å². The van der Waals surface area contributed by atoms with E-state index < -0.39 is 0 Å². The number of ether oxygens (including phenoxy) is 1. The number of phenolic OH excluding ortho intramolecular Hbond substituents is 1. The van der Waals surface area contributed by atoms with Gasteiger partial charge < -0.3 is 20.1 Å². The summed E-state index contributed by atoms with van der Waals surface area (Å²) < 4.78 is 6.01. The van der Waals surface area contributed by atoms with E-state index in [1.165, 1.54) is 0 Å². The van der Waals surface area contributed by atoms with Crippen molar-refractivity contribution in [2.75, 3.05) is 13.1 Å². The molecule has 7 nitrogen and oxygen atoms in total. The van der Waals surface area contributed by atoms with E-state index in [2.05, 4.69) is 26.3 Å². The molecule has 1 fully saturated rings. The van der Waals surface area contributed by atoms with Gasteiger partial charge in [-0.3, -0.25) is 9.69 Å². The van der Waals surface area contributed by atoms with Crippen LogP contribution in [-0.4, -0.2) is 45.0 Å². The minimum absolute atomic E-state index is 0.0212. The van der Waals surface area contributed by atoms with E-state index in [0.717, 1.165) is 36.5 Å². The topological polar surface area (TPSA) is 90.5 Å². The number of carbonyl (C=O) groups excluding carboxylic acids is 1. The minimum Gasteiger partial charge on any atom is -0.504 e. The van der Waals surface area contributed by atoms with Crippen LogP contribution in [0.3, 0.4) is 0 Å². The lowest BCUT2D eigenvalue weighted by Crippen LogP contribution is -2.39. The highest BCUT2D eigenvalue weighted by atomic mass is 16.5. The average Bonchev–Trinajstić information content (AvgIpc) is 3.38. The van der Waals surface area contributed by atoms with Gasteiger partial charge in [0.2, 0.25) is 5.91 Å². The fraction of sp³-hybridized carbons (Fsp3) is 0.304. The zero-order chi connectivity index (χ0) is 20.5. The van der Waals surface area contributed by atoms with E-state index in [9.17, 15) is 9.90 Å². The van der Waals surface area contributed by atoms with Crippen LogP contribution in [0.15, 0.2) is 55.0 Å². The van der Waals surface area contributed by atoms with Gasteiger partial charge in [0.1, 0.15) is 5.75 Å². The normalized spacial score (nSPS) is 21.5. The zero-order valence-corrected chi connectivity index (χ0v) is 16.5. The molecule has 3 N–H and O–H groups in total. The van der Waals surface area contributed by atoms with Gasteiger partial charge in [0.15, 0.2) is 11.5 Å². The SMILES string of the molecule is O=C1CCc2ccc(O)c(c2)Oc2cccc(c2)[C@@H]2CN(Cc3cnc[nH]3)C[C@H]2N1. The Bertz CT molecular complexity index is 1050. The fourth-order valence-electron chi connectivity index (χ4n) is 4.38. The van der Waals surface area contributed by atoms with Crippen molar-refractivity contribution in [3.63, 3.8) is 0 Å². The standard InChI is InChI=1S/C23H24N4O3/c28-21-6-4-15-5-7-23(29)26-20-13-27(11-17-10-24-14-25-17)12-19(20)16-2-1-3-18(9-16)30-22(21)8-15/h1-4,6,8-10,14,19-20,28H,5,7,11-13H2,(H,24,25)(H,26,29)/t19-,20+/m0/s1. The Morgan fingerprint density at radius 1 is 1.17 bits per heavy atom. The van der Waals surface area contributed by atoms with E-state index >= 15 is 0 Å². The number of H-pyrrole nitrogens is 1. The van der Waals surface area contributed by atoms with Crippen molar-refractivity contribution in [2.24, 2.45) is 0 Å². The number of rotatable bonds is 2. The molecule has 2 aliphatic rings. The van der Waals surface area contributed by atoms with Crippen LogP contribution in [0.4, 0.5) is 0 Å². The number of nitrogens with one attached hydrogen (secondary N) is 2. The molecule has 7 heteroatoms.